The molecule has 0 saturated heterocycles. The van der Waals surface area contributed by atoms with Crippen LogP contribution in [0.15, 0.2) is 53.9 Å². The summed E-state index contributed by atoms with van der Waals surface area (Å²) in [5.74, 6) is -0.868. The molecule has 2 N–H and O–H groups in total. The first-order valence-electron chi connectivity index (χ1n) is 7.43. The molecule has 1 amide bonds. The van der Waals surface area contributed by atoms with Gasteiger partial charge in [0, 0.05) is 10.4 Å². The van der Waals surface area contributed by atoms with Gasteiger partial charge in [-0.25, -0.2) is 12.8 Å². The Morgan fingerprint density at radius 1 is 1.15 bits per heavy atom. The number of benzene rings is 2. The molecule has 6 nitrogen and oxygen atoms in total. The highest BCUT2D eigenvalue weighted by molar-refractivity contribution is 7.92. The maximum atomic E-state index is 12.8. The summed E-state index contributed by atoms with van der Waals surface area (Å²) in [7, 11) is -3.90. The second-order valence-electron chi connectivity index (χ2n) is 5.20. The van der Waals surface area contributed by atoms with E-state index in [-0.39, 0.29) is 5.75 Å². The minimum Gasteiger partial charge on any atom is -0.481 e. The van der Waals surface area contributed by atoms with Gasteiger partial charge in [-0.2, -0.15) is 0 Å². The first kappa shape index (κ1) is 19.9. The van der Waals surface area contributed by atoms with Crippen molar-refractivity contribution in [3.63, 3.8) is 0 Å². The lowest BCUT2D eigenvalue weighted by atomic mass is 10.2. The number of ether oxygens (including phenoxy) is 1. The molecule has 0 bridgehead atoms. The van der Waals surface area contributed by atoms with Crippen LogP contribution in [0.5, 0.6) is 5.75 Å². The molecule has 0 unspecified atom stereocenters. The van der Waals surface area contributed by atoms with Gasteiger partial charge in [0.05, 0.1) is 0 Å². The van der Waals surface area contributed by atoms with Crippen molar-refractivity contribution in [1.29, 1.82) is 0 Å². The van der Waals surface area contributed by atoms with Gasteiger partial charge in [-0.05, 0) is 55.0 Å². The topological polar surface area (TPSA) is 84.5 Å². The van der Waals surface area contributed by atoms with Crippen molar-refractivity contribution in [1.82, 2.24) is 10.3 Å². The van der Waals surface area contributed by atoms with E-state index < -0.39 is 27.9 Å². The third kappa shape index (κ3) is 6.47. The van der Waals surface area contributed by atoms with E-state index in [2.05, 4.69) is 5.43 Å². The van der Waals surface area contributed by atoms with E-state index in [1.54, 1.807) is 24.3 Å². The van der Waals surface area contributed by atoms with Crippen LogP contribution in [0.2, 0.25) is 5.02 Å². The molecule has 0 aliphatic heterocycles. The number of hydrogen-bond acceptors (Lipinski definition) is 4. The zero-order valence-corrected chi connectivity index (χ0v) is 15.2. The number of halogens is 2. The average molecular weight is 399 g/mol. The highest BCUT2D eigenvalue weighted by Crippen LogP contribution is 2.13. The Bertz CT molecular complexity index is 884. The first-order chi connectivity index (χ1) is 12.2. The van der Waals surface area contributed by atoms with Crippen molar-refractivity contribution in [2.24, 2.45) is 0 Å². The Balaban J connectivity index is 1.88. The van der Waals surface area contributed by atoms with Crippen LogP contribution in [0.3, 0.4) is 0 Å². The van der Waals surface area contributed by atoms with E-state index in [4.69, 9.17) is 16.3 Å². The van der Waals surface area contributed by atoms with Crippen LogP contribution in [0.1, 0.15) is 12.5 Å². The molecule has 0 aliphatic carbocycles. The molecule has 26 heavy (non-hydrogen) atoms. The van der Waals surface area contributed by atoms with E-state index in [0.717, 1.165) is 5.41 Å². The SMILES string of the molecule is C[C@@H](Oc1ccc(F)cc1)C(=O)NNS(=O)(=O)/C=C/c1ccc(Cl)cc1. The molecule has 0 saturated carbocycles. The Morgan fingerprint density at radius 3 is 2.38 bits per heavy atom. The van der Waals surface area contributed by atoms with Crippen LogP contribution in [0, 0.1) is 5.82 Å². The molecule has 0 radical (unpaired) electrons. The summed E-state index contributed by atoms with van der Waals surface area (Å²) in [4.78, 5) is 13.8. The zero-order chi connectivity index (χ0) is 19.2. The smallest absolute Gasteiger partial charge is 0.275 e. The summed E-state index contributed by atoms with van der Waals surface area (Å²) in [6, 6.07) is 11.6. The Hall–Kier alpha value is -2.42. The number of hydrogen-bond donors (Lipinski definition) is 2. The fourth-order valence-electron chi connectivity index (χ4n) is 1.77. The summed E-state index contributed by atoms with van der Waals surface area (Å²) in [6.07, 6.45) is 0.354. The van der Waals surface area contributed by atoms with Gasteiger partial charge >= 0.3 is 0 Å². The molecule has 0 aliphatic rings. The number of carbonyl (C=O) groups excluding carboxylic acids is 1. The highest BCUT2D eigenvalue weighted by atomic mass is 35.5. The third-order valence-corrected chi connectivity index (χ3v) is 4.25. The number of carbonyl (C=O) groups is 1. The van der Waals surface area contributed by atoms with Gasteiger partial charge in [0.15, 0.2) is 6.10 Å². The second kappa shape index (κ2) is 8.79. The number of rotatable bonds is 7. The van der Waals surface area contributed by atoms with E-state index in [0.29, 0.717) is 10.6 Å². The van der Waals surface area contributed by atoms with Gasteiger partial charge in [0.2, 0.25) is 0 Å². The normalized spacial score (nSPS) is 12.7. The van der Waals surface area contributed by atoms with Crippen LogP contribution >= 0.6 is 11.6 Å². The lowest BCUT2D eigenvalue weighted by Crippen LogP contribution is -2.46. The minimum atomic E-state index is -3.90. The average Bonchev–Trinajstić information content (AvgIpc) is 2.61. The summed E-state index contributed by atoms with van der Waals surface area (Å²) in [5, 5.41) is 1.44. The van der Waals surface area contributed by atoms with Crippen molar-refractivity contribution in [3.8, 4) is 5.75 Å². The maximum Gasteiger partial charge on any atom is 0.275 e. The summed E-state index contributed by atoms with van der Waals surface area (Å²) >= 11 is 5.75. The second-order valence-corrected chi connectivity index (χ2v) is 7.21. The summed E-state index contributed by atoms with van der Waals surface area (Å²) in [5.41, 5.74) is 2.68. The van der Waals surface area contributed by atoms with Crippen LogP contribution in [0.4, 0.5) is 4.39 Å². The van der Waals surface area contributed by atoms with E-state index in [9.17, 15) is 17.6 Å². The highest BCUT2D eigenvalue weighted by Gasteiger charge is 2.16. The van der Waals surface area contributed by atoms with Gasteiger partial charge in [-0.1, -0.05) is 23.7 Å². The Kier molecular flexibility index (Phi) is 6.73. The molecule has 1 atom stereocenters. The van der Waals surface area contributed by atoms with Crippen molar-refractivity contribution >= 4 is 33.6 Å². The first-order valence-corrected chi connectivity index (χ1v) is 9.35. The predicted molar refractivity (Wildman–Crippen MR) is 97.2 cm³/mol. The molecule has 2 rings (SSSR count). The van der Waals surface area contributed by atoms with Crippen molar-refractivity contribution in [3.05, 3.63) is 70.3 Å². The molecule has 2 aromatic carbocycles. The quantitative estimate of drug-likeness (QED) is 0.702. The Morgan fingerprint density at radius 2 is 1.77 bits per heavy atom. The summed E-state index contributed by atoms with van der Waals surface area (Å²) < 4.78 is 41.9. The largest absolute Gasteiger partial charge is 0.481 e. The number of nitrogens with one attached hydrogen (secondary N) is 2. The molecule has 0 fully saturated rings. The Labute approximate surface area is 155 Å². The van der Waals surface area contributed by atoms with Gasteiger partial charge in [-0.15, -0.1) is 4.83 Å². The zero-order valence-electron chi connectivity index (χ0n) is 13.6. The fraction of sp³-hybridized carbons (Fsp3) is 0.118. The number of sulfonamides is 1. The lowest BCUT2D eigenvalue weighted by molar-refractivity contribution is -0.127. The van der Waals surface area contributed by atoms with Crippen LogP contribution in [-0.2, 0) is 14.8 Å². The molecule has 2 aromatic rings. The van der Waals surface area contributed by atoms with Crippen molar-refractivity contribution in [2.45, 2.75) is 13.0 Å². The van der Waals surface area contributed by atoms with Gasteiger partial charge in [0.25, 0.3) is 15.9 Å². The van der Waals surface area contributed by atoms with Crippen LogP contribution in [-0.4, -0.2) is 20.4 Å². The van der Waals surface area contributed by atoms with E-state index in [1.807, 2.05) is 4.83 Å². The van der Waals surface area contributed by atoms with Gasteiger partial charge in [-0.3, -0.25) is 10.2 Å². The van der Waals surface area contributed by atoms with Crippen LogP contribution < -0.4 is 15.0 Å². The number of amides is 1. The molecule has 0 heterocycles. The minimum absolute atomic E-state index is 0.277. The monoisotopic (exact) mass is 398 g/mol. The maximum absolute atomic E-state index is 12.8. The van der Waals surface area contributed by atoms with Gasteiger partial charge < -0.3 is 4.74 Å². The molecule has 0 aromatic heterocycles. The lowest BCUT2D eigenvalue weighted by Gasteiger charge is -2.14. The van der Waals surface area contributed by atoms with E-state index >= 15 is 0 Å². The van der Waals surface area contributed by atoms with Crippen molar-refractivity contribution < 1.29 is 22.3 Å². The van der Waals surface area contributed by atoms with Crippen LogP contribution in [0.25, 0.3) is 6.08 Å². The fourth-order valence-corrected chi connectivity index (χ4v) is 2.54. The standard InChI is InChI=1S/C17H16ClFN2O4S/c1-12(25-16-8-6-15(19)7-9-16)17(22)20-21-26(23,24)11-10-13-2-4-14(18)5-3-13/h2-12,21H,1H3,(H,20,22)/b11-10+/t12-/m1/s1. The molecule has 138 valence electrons. The summed E-state index contributed by atoms with van der Waals surface area (Å²) in [6.45, 7) is 1.43. The molecule has 0 spiro atoms. The van der Waals surface area contributed by atoms with Gasteiger partial charge in [0.1, 0.15) is 11.6 Å². The van der Waals surface area contributed by atoms with Crippen molar-refractivity contribution in [2.75, 3.05) is 0 Å². The predicted octanol–water partition coefficient (Wildman–Crippen LogP) is 2.87. The third-order valence-electron chi connectivity index (χ3n) is 3.12. The molecule has 9 heteroatoms. The van der Waals surface area contributed by atoms with E-state index in [1.165, 1.54) is 37.3 Å². The molecular formula is C17H16ClFN2O4S. The number of hydrazine groups is 1. The molecular weight excluding hydrogens is 383 g/mol.